The number of ether oxygens (including phenoxy) is 1. The molecule has 1 atom stereocenters. The number of amides is 1. The third kappa shape index (κ3) is 4.15. The third-order valence-electron chi connectivity index (χ3n) is 4.89. The summed E-state index contributed by atoms with van der Waals surface area (Å²) < 4.78 is 44.2. The highest BCUT2D eigenvalue weighted by atomic mass is 32.2. The van der Waals surface area contributed by atoms with Crippen molar-refractivity contribution in [2.24, 2.45) is 5.92 Å². The van der Waals surface area contributed by atoms with E-state index in [2.05, 4.69) is 10.4 Å². The van der Waals surface area contributed by atoms with Gasteiger partial charge in [0.1, 0.15) is 11.5 Å². The Labute approximate surface area is 167 Å². The minimum absolute atomic E-state index is 0.110. The average molecular weight is 417 g/mol. The van der Waals surface area contributed by atoms with Crippen molar-refractivity contribution >= 4 is 32.3 Å². The molecular weight excluding hydrogens is 397 g/mol. The highest BCUT2D eigenvalue weighted by Gasteiger charge is 2.24. The summed E-state index contributed by atoms with van der Waals surface area (Å²) in [5, 5.41) is 7.69. The molecule has 2 aromatic carbocycles. The van der Waals surface area contributed by atoms with Gasteiger partial charge in [-0.15, -0.1) is 0 Å². The van der Waals surface area contributed by atoms with Gasteiger partial charge in [0, 0.05) is 42.5 Å². The molecule has 29 heavy (non-hydrogen) atoms. The fraction of sp³-hybridized carbons (Fsp3) is 0.300. The number of anilines is 1. The Kier molecular flexibility index (Phi) is 5.10. The van der Waals surface area contributed by atoms with Crippen molar-refractivity contribution in [3.05, 3.63) is 54.0 Å². The van der Waals surface area contributed by atoms with Crippen LogP contribution in [0.25, 0.3) is 10.9 Å². The van der Waals surface area contributed by atoms with Crippen molar-refractivity contribution in [2.45, 2.75) is 17.9 Å². The van der Waals surface area contributed by atoms with E-state index in [-0.39, 0.29) is 10.8 Å². The lowest BCUT2D eigenvalue weighted by atomic mass is 10.1. The molecular formula is C20H20FN3O4S. The van der Waals surface area contributed by atoms with Crippen molar-refractivity contribution < 1.29 is 22.3 Å². The first-order valence-electron chi connectivity index (χ1n) is 9.16. The Hall–Kier alpha value is -2.78. The lowest BCUT2D eigenvalue weighted by molar-refractivity contribution is 0.101. The van der Waals surface area contributed by atoms with E-state index < -0.39 is 21.6 Å². The Morgan fingerprint density at radius 1 is 1.31 bits per heavy atom. The lowest BCUT2D eigenvalue weighted by Crippen LogP contribution is -2.21. The Bertz CT molecular complexity index is 1180. The second-order valence-corrected chi connectivity index (χ2v) is 9.19. The quantitative estimate of drug-likeness (QED) is 0.689. The molecule has 3 aromatic rings. The first-order chi connectivity index (χ1) is 13.8. The van der Waals surface area contributed by atoms with Crippen LogP contribution in [0.5, 0.6) is 0 Å². The van der Waals surface area contributed by atoms with Crippen molar-refractivity contribution in [1.29, 1.82) is 0 Å². The van der Waals surface area contributed by atoms with Crippen molar-refractivity contribution in [1.82, 2.24) is 9.78 Å². The van der Waals surface area contributed by atoms with Crippen LogP contribution in [0.15, 0.2) is 47.4 Å². The molecule has 1 aromatic heterocycles. The van der Waals surface area contributed by atoms with E-state index in [0.29, 0.717) is 42.0 Å². The van der Waals surface area contributed by atoms with Gasteiger partial charge in [0.2, 0.25) is 0 Å². The maximum absolute atomic E-state index is 13.7. The fourth-order valence-corrected chi connectivity index (χ4v) is 4.11. The summed E-state index contributed by atoms with van der Waals surface area (Å²) in [5.41, 5.74) is 1.04. The SMILES string of the molecule is CS(=O)(=O)c1cccc(NC(=O)c2c3ccc(F)cc3nn2C[C@H]2CCOC2)c1. The number of rotatable bonds is 5. The molecule has 0 aliphatic carbocycles. The number of hydrogen-bond acceptors (Lipinski definition) is 5. The minimum atomic E-state index is -3.40. The van der Waals surface area contributed by atoms with Gasteiger partial charge in [-0.3, -0.25) is 9.48 Å². The summed E-state index contributed by atoms with van der Waals surface area (Å²) in [4.78, 5) is 13.2. The lowest BCUT2D eigenvalue weighted by Gasteiger charge is -2.12. The van der Waals surface area contributed by atoms with E-state index in [1.807, 2.05) is 0 Å². The van der Waals surface area contributed by atoms with Crippen LogP contribution in [0.1, 0.15) is 16.9 Å². The summed E-state index contributed by atoms with van der Waals surface area (Å²) in [5.74, 6) is -0.655. The molecule has 0 spiro atoms. The van der Waals surface area contributed by atoms with Gasteiger partial charge in [-0.2, -0.15) is 5.10 Å². The minimum Gasteiger partial charge on any atom is -0.381 e. The number of sulfone groups is 1. The van der Waals surface area contributed by atoms with Crippen LogP contribution in [0, 0.1) is 11.7 Å². The zero-order valence-electron chi connectivity index (χ0n) is 15.8. The number of fused-ring (bicyclic) bond motifs is 1. The number of carbonyl (C=O) groups is 1. The third-order valence-corrected chi connectivity index (χ3v) is 6.00. The molecule has 1 fully saturated rings. The van der Waals surface area contributed by atoms with Gasteiger partial charge in [0.15, 0.2) is 9.84 Å². The number of halogens is 1. The van der Waals surface area contributed by atoms with E-state index in [0.717, 1.165) is 12.7 Å². The number of nitrogens with one attached hydrogen (secondary N) is 1. The van der Waals surface area contributed by atoms with Crippen LogP contribution < -0.4 is 5.32 Å². The van der Waals surface area contributed by atoms with Crippen LogP contribution in [0.3, 0.4) is 0 Å². The second kappa shape index (κ2) is 7.57. The van der Waals surface area contributed by atoms with Gasteiger partial charge < -0.3 is 10.1 Å². The Balaban J connectivity index is 1.70. The molecule has 1 aliphatic rings. The summed E-state index contributed by atoms with van der Waals surface area (Å²) in [6.45, 7) is 1.73. The number of carbonyl (C=O) groups excluding carboxylic acids is 1. The van der Waals surface area contributed by atoms with Crippen molar-refractivity contribution in [2.75, 3.05) is 24.8 Å². The van der Waals surface area contributed by atoms with Crippen LogP contribution in [-0.2, 0) is 21.1 Å². The number of nitrogens with zero attached hydrogens (tertiary/aromatic N) is 2. The smallest absolute Gasteiger partial charge is 0.274 e. The summed E-state index contributed by atoms with van der Waals surface area (Å²) in [6, 6.07) is 10.1. The fourth-order valence-electron chi connectivity index (χ4n) is 3.45. The molecule has 152 valence electrons. The molecule has 1 aliphatic heterocycles. The van der Waals surface area contributed by atoms with Gasteiger partial charge in [0.25, 0.3) is 5.91 Å². The predicted octanol–water partition coefficient (Wildman–Crippen LogP) is 2.87. The van der Waals surface area contributed by atoms with Crippen molar-refractivity contribution in [3.63, 3.8) is 0 Å². The zero-order chi connectivity index (χ0) is 20.6. The van der Waals surface area contributed by atoms with E-state index in [9.17, 15) is 17.6 Å². The topological polar surface area (TPSA) is 90.3 Å². The molecule has 1 N–H and O–H groups in total. The van der Waals surface area contributed by atoms with Crippen LogP contribution in [0.4, 0.5) is 10.1 Å². The van der Waals surface area contributed by atoms with Crippen LogP contribution in [0.2, 0.25) is 0 Å². The van der Waals surface area contributed by atoms with Crippen LogP contribution >= 0.6 is 0 Å². The highest BCUT2D eigenvalue weighted by molar-refractivity contribution is 7.90. The normalized spacial score (nSPS) is 17.0. The monoisotopic (exact) mass is 417 g/mol. The number of benzene rings is 2. The summed E-state index contributed by atoms with van der Waals surface area (Å²) in [6.07, 6.45) is 1.97. The number of hydrogen-bond donors (Lipinski definition) is 1. The zero-order valence-corrected chi connectivity index (χ0v) is 16.6. The Morgan fingerprint density at radius 2 is 2.14 bits per heavy atom. The van der Waals surface area contributed by atoms with Gasteiger partial charge in [-0.05, 0) is 36.8 Å². The molecule has 9 heteroatoms. The molecule has 0 bridgehead atoms. The molecule has 7 nitrogen and oxygen atoms in total. The van der Waals surface area contributed by atoms with Crippen molar-refractivity contribution in [3.8, 4) is 0 Å². The first kappa shape index (κ1) is 19.5. The largest absolute Gasteiger partial charge is 0.381 e. The maximum Gasteiger partial charge on any atom is 0.274 e. The highest BCUT2D eigenvalue weighted by Crippen LogP contribution is 2.24. The predicted molar refractivity (Wildman–Crippen MR) is 106 cm³/mol. The van der Waals surface area contributed by atoms with E-state index in [4.69, 9.17) is 4.74 Å². The van der Waals surface area contributed by atoms with Gasteiger partial charge >= 0.3 is 0 Å². The summed E-state index contributed by atoms with van der Waals surface area (Å²) >= 11 is 0. The molecule has 0 radical (unpaired) electrons. The maximum atomic E-state index is 13.7. The van der Waals surface area contributed by atoms with Gasteiger partial charge in [-0.1, -0.05) is 6.07 Å². The first-order valence-corrected chi connectivity index (χ1v) is 11.1. The molecule has 0 saturated carbocycles. The molecule has 2 heterocycles. The van der Waals surface area contributed by atoms with Crippen LogP contribution in [-0.4, -0.2) is 43.6 Å². The molecule has 0 unspecified atom stereocenters. The van der Waals surface area contributed by atoms with Gasteiger partial charge in [-0.25, -0.2) is 12.8 Å². The van der Waals surface area contributed by atoms with E-state index in [1.165, 1.54) is 30.3 Å². The molecule has 1 saturated heterocycles. The van der Waals surface area contributed by atoms with E-state index in [1.54, 1.807) is 16.8 Å². The molecule has 1 amide bonds. The number of aromatic nitrogens is 2. The average Bonchev–Trinajstić information content (AvgIpc) is 3.28. The van der Waals surface area contributed by atoms with E-state index >= 15 is 0 Å². The second-order valence-electron chi connectivity index (χ2n) is 7.18. The molecule has 4 rings (SSSR count). The Morgan fingerprint density at radius 3 is 2.86 bits per heavy atom. The summed E-state index contributed by atoms with van der Waals surface area (Å²) in [7, 11) is -3.40. The standard InChI is InChI=1S/C20H20FN3O4S/c1-29(26,27)16-4-2-3-15(10-16)22-20(25)19-17-6-5-14(21)9-18(17)23-24(19)11-13-7-8-28-12-13/h2-6,9-10,13H,7-8,11-12H2,1H3,(H,22,25)/t13-/m1/s1. The van der Waals surface area contributed by atoms with Gasteiger partial charge in [0.05, 0.1) is 17.0 Å².